The Morgan fingerprint density at radius 3 is 2.75 bits per heavy atom. The fourth-order valence-corrected chi connectivity index (χ4v) is 1.94. The van der Waals surface area contributed by atoms with E-state index in [4.69, 9.17) is 9.47 Å². The van der Waals surface area contributed by atoms with Crippen LogP contribution in [0, 0.1) is 3.57 Å². The maximum Gasteiger partial charge on any atom is 0.275 e. The van der Waals surface area contributed by atoms with E-state index in [0.717, 1.165) is 0 Å². The summed E-state index contributed by atoms with van der Waals surface area (Å²) in [5, 5.41) is 0. The Morgan fingerprint density at radius 1 is 1.38 bits per heavy atom. The molecule has 0 unspecified atom stereocenters. The normalized spacial score (nSPS) is 10.4. The molecule has 0 aliphatic carbocycles. The Balaban J connectivity index is 2.82. The van der Waals surface area contributed by atoms with E-state index in [-0.39, 0.29) is 5.56 Å². The van der Waals surface area contributed by atoms with Crippen molar-refractivity contribution in [1.29, 1.82) is 0 Å². The number of hydrogen-bond donors (Lipinski definition) is 0. The van der Waals surface area contributed by atoms with Crippen molar-refractivity contribution in [2.24, 2.45) is 0 Å². The second-order valence-corrected chi connectivity index (χ2v) is 4.11. The van der Waals surface area contributed by atoms with E-state index in [1.165, 1.54) is 11.5 Å². The highest BCUT2D eigenvalue weighted by Crippen LogP contribution is 2.17. The van der Waals surface area contributed by atoms with Crippen LogP contribution >= 0.6 is 22.6 Å². The highest BCUT2D eigenvalue weighted by Gasteiger charge is 2.10. The SMILES string of the molecule is COc1ccn2c(=O)c(I)c(OC)nc2c1. The van der Waals surface area contributed by atoms with Crippen molar-refractivity contribution in [3.05, 3.63) is 32.3 Å². The molecule has 2 aromatic rings. The molecule has 0 amide bonds. The summed E-state index contributed by atoms with van der Waals surface area (Å²) in [5.74, 6) is 0.981. The van der Waals surface area contributed by atoms with E-state index >= 15 is 0 Å². The van der Waals surface area contributed by atoms with Gasteiger partial charge in [-0.05, 0) is 28.7 Å². The minimum Gasteiger partial charge on any atom is -0.497 e. The lowest BCUT2D eigenvalue weighted by molar-refractivity contribution is 0.393. The molecule has 5 nitrogen and oxygen atoms in total. The topological polar surface area (TPSA) is 52.8 Å². The van der Waals surface area contributed by atoms with Crippen LogP contribution in [0.15, 0.2) is 23.1 Å². The fourth-order valence-electron chi connectivity index (χ4n) is 1.34. The second-order valence-electron chi connectivity index (χ2n) is 3.03. The van der Waals surface area contributed by atoms with Crippen molar-refractivity contribution in [2.45, 2.75) is 0 Å². The van der Waals surface area contributed by atoms with E-state index in [1.54, 1.807) is 25.4 Å². The number of methoxy groups -OCH3 is 2. The Morgan fingerprint density at radius 2 is 2.12 bits per heavy atom. The maximum atomic E-state index is 11.9. The van der Waals surface area contributed by atoms with Crippen LogP contribution in [0.5, 0.6) is 11.6 Å². The van der Waals surface area contributed by atoms with Gasteiger partial charge in [0.1, 0.15) is 15.0 Å². The molecule has 6 heteroatoms. The highest BCUT2D eigenvalue weighted by atomic mass is 127. The van der Waals surface area contributed by atoms with Gasteiger partial charge in [0.2, 0.25) is 5.88 Å². The molecule has 0 aromatic carbocycles. The Hall–Kier alpha value is -1.31. The van der Waals surface area contributed by atoms with E-state index in [2.05, 4.69) is 4.98 Å². The van der Waals surface area contributed by atoms with Crippen molar-refractivity contribution in [1.82, 2.24) is 9.38 Å². The quantitative estimate of drug-likeness (QED) is 0.779. The molecule has 0 aliphatic rings. The molecule has 0 atom stereocenters. The van der Waals surface area contributed by atoms with Crippen LogP contribution in [-0.4, -0.2) is 23.6 Å². The monoisotopic (exact) mass is 332 g/mol. The van der Waals surface area contributed by atoms with Crippen molar-refractivity contribution >= 4 is 28.2 Å². The summed E-state index contributed by atoms with van der Waals surface area (Å²) in [6.45, 7) is 0. The first-order valence-electron chi connectivity index (χ1n) is 4.47. The molecule has 0 saturated carbocycles. The van der Waals surface area contributed by atoms with Crippen LogP contribution in [0.25, 0.3) is 5.65 Å². The van der Waals surface area contributed by atoms with Crippen LogP contribution in [0.1, 0.15) is 0 Å². The van der Waals surface area contributed by atoms with Crippen molar-refractivity contribution in [2.75, 3.05) is 14.2 Å². The third-order valence-corrected chi connectivity index (χ3v) is 3.07. The molecular formula is C10H9IN2O3. The molecule has 0 radical (unpaired) electrons. The molecule has 0 bridgehead atoms. The molecule has 0 fully saturated rings. The zero-order valence-corrected chi connectivity index (χ0v) is 10.9. The summed E-state index contributed by atoms with van der Waals surface area (Å²) in [7, 11) is 3.05. The molecule has 2 aromatic heterocycles. The van der Waals surface area contributed by atoms with Crippen LogP contribution < -0.4 is 15.0 Å². The molecule has 0 N–H and O–H groups in total. The molecule has 0 spiro atoms. The molecule has 0 aliphatic heterocycles. The van der Waals surface area contributed by atoms with Gasteiger partial charge in [-0.15, -0.1) is 0 Å². The lowest BCUT2D eigenvalue weighted by atomic mass is 10.4. The van der Waals surface area contributed by atoms with Crippen molar-refractivity contribution < 1.29 is 9.47 Å². The van der Waals surface area contributed by atoms with Gasteiger partial charge in [-0.25, -0.2) is 0 Å². The first-order chi connectivity index (χ1) is 7.67. The third-order valence-electron chi connectivity index (χ3n) is 2.15. The number of nitrogens with zero attached hydrogens (tertiary/aromatic N) is 2. The fraction of sp³-hybridized carbons (Fsp3) is 0.200. The zero-order chi connectivity index (χ0) is 11.7. The lowest BCUT2D eigenvalue weighted by Gasteiger charge is -2.06. The minimum absolute atomic E-state index is 0.148. The van der Waals surface area contributed by atoms with E-state index in [1.807, 2.05) is 22.6 Å². The molecular weight excluding hydrogens is 323 g/mol. The lowest BCUT2D eigenvalue weighted by Crippen LogP contribution is -2.18. The van der Waals surface area contributed by atoms with Crippen LogP contribution in [0.3, 0.4) is 0 Å². The standard InChI is InChI=1S/C10H9IN2O3/c1-15-6-3-4-13-7(5-6)12-9(16-2)8(11)10(13)14/h3-5H,1-2H3. The maximum absolute atomic E-state index is 11.9. The highest BCUT2D eigenvalue weighted by molar-refractivity contribution is 14.1. The van der Waals surface area contributed by atoms with E-state index in [9.17, 15) is 4.79 Å². The number of hydrogen-bond acceptors (Lipinski definition) is 4. The third kappa shape index (κ3) is 1.73. The van der Waals surface area contributed by atoms with Gasteiger partial charge in [0.15, 0.2) is 0 Å². The van der Waals surface area contributed by atoms with Gasteiger partial charge >= 0.3 is 0 Å². The van der Waals surface area contributed by atoms with Gasteiger partial charge in [0, 0.05) is 12.3 Å². The first-order valence-corrected chi connectivity index (χ1v) is 5.55. The molecule has 16 heavy (non-hydrogen) atoms. The van der Waals surface area contributed by atoms with Crippen LogP contribution in [-0.2, 0) is 0 Å². The van der Waals surface area contributed by atoms with E-state index < -0.39 is 0 Å². The number of halogens is 1. The molecule has 0 saturated heterocycles. The Labute approximate surface area is 105 Å². The predicted molar refractivity (Wildman–Crippen MR) is 67.3 cm³/mol. The summed E-state index contributed by atoms with van der Waals surface area (Å²) in [5.41, 5.74) is 0.353. The van der Waals surface area contributed by atoms with Gasteiger partial charge in [-0.1, -0.05) is 0 Å². The Bertz CT molecular complexity index is 594. The average Bonchev–Trinajstić information content (AvgIpc) is 2.33. The van der Waals surface area contributed by atoms with Gasteiger partial charge in [0.25, 0.3) is 5.56 Å². The smallest absolute Gasteiger partial charge is 0.275 e. The Kier molecular flexibility index (Phi) is 2.99. The van der Waals surface area contributed by atoms with Gasteiger partial charge < -0.3 is 9.47 Å². The predicted octanol–water partition coefficient (Wildman–Crippen LogP) is 1.32. The largest absolute Gasteiger partial charge is 0.497 e. The number of fused-ring (bicyclic) bond motifs is 1. The van der Waals surface area contributed by atoms with Gasteiger partial charge in [-0.2, -0.15) is 4.98 Å². The molecule has 2 heterocycles. The van der Waals surface area contributed by atoms with E-state index in [0.29, 0.717) is 20.8 Å². The minimum atomic E-state index is -0.148. The second kappa shape index (κ2) is 4.28. The summed E-state index contributed by atoms with van der Waals surface area (Å²) in [4.78, 5) is 16.1. The zero-order valence-electron chi connectivity index (χ0n) is 8.73. The number of ether oxygens (including phenoxy) is 2. The average molecular weight is 332 g/mol. The summed E-state index contributed by atoms with van der Waals surface area (Å²) < 4.78 is 12.0. The summed E-state index contributed by atoms with van der Waals surface area (Å²) in [6, 6.07) is 3.39. The number of aromatic nitrogens is 2. The van der Waals surface area contributed by atoms with Gasteiger partial charge in [-0.3, -0.25) is 9.20 Å². The van der Waals surface area contributed by atoms with Crippen LogP contribution in [0.2, 0.25) is 0 Å². The van der Waals surface area contributed by atoms with Crippen molar-refractivity contribution in [3.63, 3.8) is 0 Å². The number of rotatable bonds is 2. The number of pyridine rings is 1. The summed E-state index contributed by atoms with van der Waals surface area (Å²) in [6.07, 6.45) is 1.63. The van der Waals surface area contributed by atoms with Crippen molar-refractivity contribution in [3.8, 4) is 11.6 Å². The van der Waals surface area contributed by atoms with Gasteiger partial charge in [0.05, 0.1) is 14.2 Å². The summed E-state index contributed by atoms with van der Waals surface area (Å²) >= 11 is 1.92. The first kappa shape index (κ1) is 11.2. The van der Waals surface area contributed by atoms with Crippen LogP contribution in [0.4, 0.5) is 0 Å². The molecule has 84 valence electrons. The molecule has 2 rings (SSSR count).